The van der Waals surface area contributed by atoms with Crippen LogP contribution in [0.4, 0.5) is 0 Å². The van der Waals surface area contributed by atoms with Crippen molar-refractivity contribution in [2.45, 2.75) is 25.8 Å². The minimum Gasteiger partial charge on any atom is -0.382 e. The summed E-state index contributed by atoms with van der Waals surface area (Å²) in [6.07, 6.45) is 1.97. The molecule has 1 atom stereocenters. The number of likely N-dealkylation sites (tertiary alicyclic amines) is 1. The smallest absolute Gasteiger partial charge is 0.239 e. The molecule has 1 aliphatic rings. The van der Waals surface area contributed by atoms with E-state index in [0.717, 1.165) is 25.9 Å². The maximum Gasteiger partial charge on any atom is 0.239 e. The molecule has 1 N–H and O–H groups in total. The number of amides is 1. The van der Waals surface area contributed by atoms with Gasteiger partial charge in [0.2, 0.25) is 5.91 Å². The highest BCUT2D eigenvalue weighted by Crippen LogP contribution is 2.10. The summed E-state index contributed by atoms with van der Waals surface area (Å²) in [5.41, 5.74) is 0. The van der Waals surface area contributed by atoms with E-state index >= 15 is 0 Å². The Kier molecular flexibility index (Phi) is 7.16. The van der Waals surface area contributed by atoms with Crippen LogP contribution >= 0.6 is 0 Å². The second-order valence-electron chi connectivity index (χ2n) is 4.23. The van der Waals surface area contributed by atoms with Gasteiger partial charge in [0.25, 0.3) is 0 Å². The van der Waals surface area contributed by atoms with E-state index in [2.05, 4.69) is 12.2 Å². The van der Waals surface area contributed by atoms with Gasteiger partial charge in [-0.15, -0.1) is 0 Å². The van der Waals surface area contributed by atoms with Gasteiger partial charge < -0.3 is 19.7 Å². The first-order valence-electron chi connectivity index (χ1n) is 6.38. The highest BCUT2D eigenvalue weighted by molar-refractivity contribution is 5.83. The second-order valence-corrected chi connectivity index (χ2v) is 4.23. The van der Waals surface area contributed by atoms with Gasteiger partial charge in [0.05, 0.1) is 25.9 Å². The van der Waals surface area contributed by atoms with Gasteiger partial charge in [0.15, 0.2) is 0 Å². The molecule has 0 radical (unpaired) electrons. The molecule has 0 aromatic heterocycles. The monoisotopic (exact) mass is 244 g/mol. The number of hydrogen-bond acceptors (Lipinski definition) is 4. The van der Waals surface area contributed by atoms with Gasteiger partial charge in [-0.1, -0.05) is 6.92 Å². The quantitative estimate of drug-likeness (QED) is 0.591. The second kappa shape index (κ2) is 8.44. The third-order valence-corrected chi connectivity index (χ3v) is 2.88. The molecular weight excluding hydrogens is 220 g/mol. The molecule has 0 bridgehead atoms. The number of ether oxygens (including phenoxy) is 2. The van der Waals surface area contributed by atoms with Crippen molar-refractivity contribution in [3.63, 3.8) is 0 Å². The topological polar surface area (TPSA) is 50.8 Å². The number of nitrogens with zero attached hydrogens (tertiary/aromatic N) is 1. The van der Waals surface area contributed by atoms with E-state index in [9.17, 15) is 4.79 Å². The fourth-order valence-corrected chi connectivity index (χ4v) is 1.89. The van der Waals surface area contributed by atoms with Crippen LogP contribution in [0.25, 0.3) is 0 Å². The summed E-state index contributed by atoms with van der Waals surface area (Å²) < 4.78 is 10.2. The minimum atomic E-state index is 0.0222. The Labute approximate surface area is 103 Å². The van der Waals surface area contributed by atoms with Gasteiger partial charge >= 0.3 is 0 Å². The van der Waals surface area contributed by atoms with Crippen molar-refractivity contribution in [1.82, 2.24) is 10.2 Å². The van der Waals surface area contributed by atoms with Crippen molar-refractivity contribution in [3.05, 3.63) is 0 Å². The van der Waals surface area contributed by atoms with E-state index in [1.807, 2.05) is 4.90 Å². The molecule has 0 aromatic carbocycles. The average molecular weight is 244 g/mol. The molecule has 0 saturated carbocycles. The van der Waals surface area contributed by atoms with Crippen molar-refractivity contribution in [3.8, 4) is 0 Å². The highest BCUT2D eigenvalue weighted by atomic mass is 16.5. The van der Waals surface area contributed by atoms with Crippen LogP contribution in [-0.4, -0.2) is 63.4 Å². The molecule has 1 heterocycles. The third-order valence-electron chi connectivity index (χ3n) is 2.88. The lowest BCUT2D eigenvalue weighted by molar-refractivity contribution is -0.130. The summed E-state index contributed by atoms with van der Waals surface area (Å²) in [7, 11) is 1.65. The third kappa shape index (κ3) is 5.02. The molecule has 0 aromatic rings. The molecule has 1 rings (SSSR count). The van der Waals surface area contributed by atoms with E-state index in [-0.39, 0.29) is 11.9 Å². The van der Waals surface area contributed by atoms with Crippen molar-refractivity contribution in [2.24, 2.45) is 0 Å². The van der Waals surface area contributed by atoms with Crippen LogP contribution in [0.3, 0.4) is 0 Å². The Balaban J connectivity index is 2.12. The summed E-state index contributed by atoms with van der Waals surface area (Å²) in [5.74, 6) is 0.216. The Hall–Kier alpha value is -0.650. The van der Waals surface area contributed by atoms with Gasteiger partial charge in [-0.05, 0) is 19.4 Å². The Morgan fingerprint density at radius 2 is 2.24 bits per heavy atom. The van der Waals surface area contributed by atoms with Crippen molar-refractivity contribution in [1.29, 1.82) is 0 Å². The molecule has 0 aliphatic carbocycles. The maximum atomic E-state index is 11.9. The molecule has 1 amide bonds. The van der Waals surface area contributed by atoms with Crippen LogP contribution in [0.2, 0.25) is 0 Å². The molecule has 0 spiro atoms. The number of carbonyl (C=O) groups excluding carboxylic acids is 1. The molecule has 17 heavy (non-hydrogen) atoms. The first-order valence-corrected chi connectivity index (χ1v) is 6.38. The fraction of sp³-hybridized carbons (Fsp3) is 0.917. The number of hydrogen-bond donors (Lipinski definition) is 1. The van der Waals surface area contributed by atoms with E-state index in [4.69, 9.17) is 9.47 Å². The molecule has 5 heteroatoms. The Morgan fingerprint density at radius 1 is 1.41 bits per heavy atom. The summed E-state index contributed by atoms with van der Waals surface area (Å²) in [4.78, 5) is 13.8. The zero-order chi connectivity index (χ0) is 12.5. The summed E-state index contributed by atoms with van der Waals surface area (Å²) in [6.45, 7) is 6.34. The first-order chi connectivity index (χ1) is 8.29. The molecular formula is C12H24N2O3. The zero-order valence-corrected chi connectivity index (χ0v) is 10.9. The SMILES string of the molecule is CCCNC1CCN(CCOCCOC)C1=O. The molecule has 1 saturated heterocycles. The first kappa shape index (κ1) is 14.4. The fourth-order valence-electron chi connectivity index (χ4n) is 1.89. The van der Waals surface area contributed by atoms with E-state index in [1.165, 1.54) is 0 Å². The van der Waals surface area contributed by atoms with Crippen LogP contribution in [0, 0.1) is 0 Å². The maximum absolute atomic E-state index is 11.9. The predicted octanol–water partition coefficient (Wildman–Crippen LogP) is 0.250. The summed E-state index contributed by atoms with van der Waals surface area (Å²) in [6, 6.07) is 0.0222. The van der Waals surface area contributed by atoms with Crippen LogP contribution < -0.4 is 5.32 Å². The van der Waals surface area contributed by atoms with E-state index in [0.29, 0.717) is 26.4 Å². The Bertz CT molecular complexity index is 224. The van der Waals surface area contributed by atoms with Gasteiger partial charge in [-0.3, -0.25) is 4.79 Å². The largest absolute Gasteiger partial charge is 0.382 e. The number of rotatable bonds is 9. The molecule has 1 unspecified atom stereocenters. The molecule has 1 fully saturated rings. The normalized spacial score (nSPS) is 20.2. The van der Waals surface area contributed by atoms with Crippen molar-refractivity contribution >= 4 is 5.91 Å². The van der Waals surface area contributed by atoms with Crippen LogP contribution in [-0.2, 0) is 14.3 Å². The summed E-state index contributed by atoms with van der Waals surface area (Å²) >= 11 is 0. The zero-order valence-electron chi connectivity index (χ0n) is 10.9. The summed E-state index contributed by atoms with van der Waals surface area (Å²) in [5, 5.41) is 3.27. The van der Waals surface area contributed by atoms with Gasteiger partial charge in [0, 0.05) is 20.2 Å². The molecule has 1 aliphatic heterocycles. The lowest BCUT2D eigenvalue weighted by Gasteiger charge is -2.17. The predicted molar refractivity (Wildman–Crippen MR) is 66.0 cm³/mol. The number of nitrogens with one attached hydrogen (secondary N) is 1. The van der Waals surface area contributed by atoms with Crippen LogP contribution in [0.15, 0.2) is 0 Å². The van der Waals surface area contributed by atoms with Crippen LogP contribution in [0.1, 0.15) is 19.8 Å². The van der Waals surface area contributed by atoms with Gasteiger partial charge in [-0.2, -0.15) is 0 Å². The standard InChI is InChI=1S/C12H24N2O3/c1-3-5-13-11-4-6-14(12(11)15)7-8-17-10-9-16-2/h11,13H,3-10H2,1-2H3. The van der Waals surface area contributed by atoms with Gasteiger partial charge in [0.1, 0.15) is 0 Å². The minimum absolute atomic E-state index is 0.0222. The van der Waals surface area contributed by atoms with Crippen molar-refractivity contribution in [2.75, 3.05) is 46.6 Å². The lowest BCUT2D eigenvalue weighted by atomic mass is 10.2. The Morgan fingerprint density at radius 3 is 2.94 bits per heavy atom. The number of carbonyl (C=O) groups is 1. The van der Waals surface area contributed by atoms with Gasteiger partial charge in [-0.25, -0.2) is 0 Å². The van der Waals surface area contributed by atoms with E-state index < -0.39 is 0 Å². The van der Waals surface area contributed by atoms with E-state index in [1.54, 1.807) is 7.11 Å². The van der Waals surface area contributed by atoms with Crippen molar-refractivity contribution < 1.29 is 14.3 Å². The molecule has 5 nitrogen and oxygen atoms in total. The molecule has 100 valence electrons. The lowest BCUT2D eigenvalue weighted by Crippen LogP contribution is -2.39. The van der Waals surface area contributed by atoms with Crippen LogP contribution in [0.5, 0.6) is 0 Å². The number of methoxy groups -OCH3 is 1. The highest BCUT2D eigenvalue weighted by Gasteiger charge is 2.30. The average Bonchev–Trinajstić information content (AvgIpc) is 2.68.